The van der Waals surface area contributed by atoms with E-state index in [1.165, 1.54) is 20.1 Å². The molecule has 5 nitrogen and oxygen atoms in total. The summed E-state index contributed by atoms with van der Waals surface area (Å²) in [5.41, 5.74) is 0.965. The van der Waals surface area contributed by atoms with Gasteiger partial charge in [-0.15, -0.1) is 11.8 Å². The maximum Gasteiger partial charge on any atom is 0.285 e. The molecule has 98 valence electrons. The van der Waals surface area contributed by atoms with Gasteiger partial charge in [0.05, 0.1) is 5.60 Å². The highest BCUT2D eigenvalue weighted by molar-refractivity contribution is 8.03. The molecule has 0 saturated heterocycles. The number of nitrogens with one attached hydrogen (secondary N) is 1. The minimum atomic E-state index is -1.07. The van der Waals surface area contributed by atoms with Gasteiger partial charge in [0.15, 0.2) is 0 Å². The van der Waals surface area contributed by atoms with Gasteiger partial charge in [0.25, 0.3) is 5.91 Å². The average molecular weight is 264 g/mol. The molecule has 0 unspecified atom stereocenters. The Balaban J connectivity index is 4.43. The molecule has 0 aromatic heterocycles. The molecule has 0 rings (SSSR count). The summed E-state index contributed by atoms with van der Waals surface area (Å²) in [5.74, 6) is -1.60. The predicted octanol–water partition coefficient (Wildman–Crippen LogP) is 1.40. The van der Waals surface area contributed by atoms with Crippen LogP contribution in [0.1, 0.15) is 20.8 Å². The van der Waals surface area contributed by atoms with Crippen molar-refractivity contribution in [3.05, 3.63) is 10.9 Å². The molecule has 7 heteroatoms. The second kappa shape index (κ2) is 7.41. The number of hydrogen-bond acceptors (Lipinski definition) is 5. The maximum atomic E-state index is 13.3. The molecule has 0 aliphatic rings. The summed E-state index contributed by atoms with van der Waals surface area (Å²) >= 11 is 0.920. The molecule has 0 fully saturated rings. The van der Waals surface area contributed by atoms with Gasteiger partial charge in [0, 0.05) is 6.21 Å². The van der Waals surface area contributed by atoms with Crippen LogP contribution in [0.2, 0.25) is 0 Å². The first-order chi connectivity index (χ1) is 7.81. The predicted molar refractivity (Wildman–Crippen MR) is 66.2 cm³/mol. The van der Waals surface area contributed by atoms with E-state index in [-0.39, 0.29) is 11.5 Å². The van der Waals surface area contributed by atoms with E-state index in [9.17, 15) is 14.3 Å². The van der Waals surface area contributed by atoms with Crippen LogP contribution in [0.4, 0.5) is 4.39 Å². The lowest BCUT2D eigenvalue weighted by Gasteiger charge is -2.16. The summed E-state index contributed by atoms with van der Waals surface area (Å²) in [6, 6.07) is 0. The molecule has 0 spiro atoms. The minimum Gasteiger partial charge on any atom is -0.388 e. The summed E-state index contributed by atoms with van der Waals surface area (Å²) in [6.07, 6.45) is 2.80. The number of aliphatic hydroxyl groups is 1. The monoisotopic (exact) mass is 264 g/mol. The highest BCUT2D eigenvalue weighted by Crippen LogP contribution is 2.19. The number of thioether (sulfide) groups is 1. The van der Waals surface area contributed by atoms with Gasteiger partial charge in [-0.05, 0) is 27.0 Å². The highest BCUT2D eigenvalue weighted by atomic mass is 32.2. The van der Waals surface area contributed by atoms with E-state index < -0.39 is 17.5 Å². The van der Waals surface area contributed by atoms with Crippen LogP contribution in [0, 0.1) is 0 Å². The third-order valence-electron chi connectivity index (χ3n) is 1.43. The number of carbonyl (C=O) groups is 1. The summed E-state index contributed by atoms with van der Waals surface area (Å²) in [4.78, 5) is 19.4. The SMILES string of the molecule is C/C=N/C(F)=C(\SC)C(=O)NOCC(C)(C)O. The number of rotatable bonds is 6. The molecule has 0 bridgehead atoms. The number of aliphatic imine (C=N–C) groups is 1. The van der Waals surface area contributed by atoms with Gasteiger partial charge in [-0.2, -0.15) is 4.39 Å². The lowest BCUT2D eigenvalue weighted by atomic mass is 10.2. The molecule has 0 heterocycles. The van der Waals surface area contributed by atoms with Crippen molar-refractivity contribution in [2.75, 3.05) is 12.9 Å². The molecule has 0 aliphatic carbocycles. The highest BCUT2D eigenvalue weighted by Gasteiger charge is 2.17. The van der Waals surface area contributed by atoms with Crippen molar-refractivity contribution in [2.45, 2.75) is 26.4 Å². The fourth-order valence-electron chi connectivity index (χ4n) is 0.767. The zero-order valence-corrected chi connectivity index (χ0v) is 11.1. The number of hydrogen-bond donors (Lipinski definition) is 2. The Labute approximate surface area is 104 Å². The van der Waals surface area contributed by atoms with E-state index in [4.69, 9.17) is 4.84 Å². The minimum absolute atomic E-state index is 0.0981. The third-order valence-corrected chi connectivity index (χ3v) is 2.19. The van der Waals surface area contributed by atoms with Crippen LogP contribution in [0.15, 0.2) is 15.8 Å². The Morgan fingerprint density at radius 3 is 2.65 bits per heavy atom. The molecule has 0 radical (unpaired) electrons. The van der Waals surface area contributed by atoms with Crippen LogP contribution >= 0.6 is 11.8 Å². The van der Waals surface area contributed by atoms with Gasteiger partial charge in [0.2, 0.25) is 5.95 Å². The smallest absolute Gasteiger partial charge is 0.285 e. The van der Waals surface area contributed by atoms with Crippen molar-refractivity contribution in [1.82, 2.24) is 5.48 Å². The number of carbonyl (C=O) groups excluding carboxylic acids is 1. The molecule has 0 saturated carbocycles. The number of hydroxylamine groups is 1. The maximum absolute atomic E-state index is 13.3. The standard InChI is InChI=1S/C10H17FN2O3S/c1-5-12-8(11)7(17-4)9(14)13-16-6-10(2,3)15/h5,15H,6H2,1-4H3,(H,13,14)/b8-7-,12-5+. The van der Waals surface area contributed by atoms with Gasteiger partial charge in [-0.1, -0.05) is 0 Å². The number of amides is 1. The van der Waals surface area contributed by atoms with Gasteiger partial charge in [0.1, 0.15) is 11.5 Å². The Morgan fingerprint density at radius 2 is 2.24 bits per heavy atom. The van der Waals surface area contributed by atoms with Crippen LogP contribution in [0.5, 0.6) is 0 Å². The first-order valence-corrected chi connectivity index (χ1v) is 6.11. The summed E-state index contributed by atoms with van der Waals surface area (Å²) in [7, 11) is 0. The van der Waals surface area contributed by atoms with E-state index in [2.05, 4.69) is 4.99 Å². The molecular formula is C10H17FN2O3S. The Bertz CT molecular complexity index is 324. The largest absolute Gasteiger partial charge is 0.388 e. The van der Waals surface area contributed by atoms with E-state index in [1.807, 2.05) is 5.48 Å². The molecule has 1 amide bonds. The summed E-state index contributed by atoms with van der Waals surface area (Å²) < 4.78 is 13.3. The van der Waals surface area contributed by atoms with Crippen molar-refractivity contribution in [3.8, 4) is 0 Å². The lowest BCUT2D eigenvalue weighted by molar-refractivity contribution is -0.134. The van der Waals surface area contributed by atoms with E-state index in [0.717, 1.165) is 11.8 Å². The van der Waals surface area contributed by atoms with Gasteiger partial charge < -0.3 is 5.11 Å². The van der Waals surface area contributed by atoms with Crippen LogP contribution in [0.25, 0.3) is 0 Å². The van der Waals surface area contributed by atoms with Crippen molar-refractivity contribution in [1.29, 1.82) is 0 Å². The molecule has 0 aromatic rings. The molecule has 2 N–H and O–H groups in total. The molecule has 0 aromatic carbocycles. The second-order valence-electron chi connectivity index (χ2n) is 3.74. The fraction of sp³-hybridized carbons (Fsp3) is 0.600. The number of nitrogens with zero attached hydrogens (tertiary/aromatic N) is 1. The quantitative estimate of drug-likeness (QED) is 0.329. The van der Waals surface area contributed by atoms with Crippen LogP contribution in [0.3, 0.4) is 0 Å². The Hall–Kier alpha value is -0.920. The molecule has 0 aliphatic heterocycles. The third kappa shape index (κ3) is 7.09. The summed E-state index contributed by atoms with van der Waals surface area (Å²) in [5, 5.41) is 9.33. The van der Waals surface area contributed by atoms with Crippen molar-refractivity contribution >= 4 is 23.9 Å². The molecule has 0 atom stereocenters. The molecule has 17 heavy (non-hydrogen) atoms. The van der Waals surface area contributed by atoms with Crippen LogP contribution in [-0.4, -0.2) is 35.7 Å². The van der Waals surface area contributed by atoms with Crippen molar-refractivity contribution in [3.63, 3.8) is 0 Å². The van der Waals surface area contributed by atoms with Crippen LogP contribution < -0.4 is 5.48 Å². The van der Waals surface area contributed by atoms with Gasteiger partial charge in [-0.3, -0.25) is 9.63 Å². The second-order valence-corrected chi connectivity index (χ2v) is 4.56. The Morgan fingerprint density at radius 1 is 1.65 bits per heavy atom. The lowest BCUT2D eigenvalue weighted by Crippen LogP contribution is -2.33. The average Bonchev–Trinajstić information content (AvgIpc) is 2.17. The molecular weight excluding hydrogens is 247 g/mol. The first-order valence-electron chi connectivity index (χ1n) is 4.88. The summed E-state index contributed by atoms with van der Waals surface area (Å²) in [6.45, 7) is 4.48. The van der Waals surface area contributed by atoms with Gasteiger partial charge >= 0.3 is 0 Å². The van der Waals surface area contributed by atoms with E-state index in [0.29, 0.717) is 0 Å². The van der Waals surface area contributed by atoms with Crippen LogP contribution in [-0.2, 0) is 9.63 Å². The van der Waals surface area contributed by atoms with Gasteiger partial charge in [-0.25, -0.2) is 10.5 Å². The first kappa shape index (κ1) is 16.1. The Kier molecular flexibility index (Phi) is 7.01. The van der Waals surface area contributed by atoms with E-state index >= 15 is 0 Å². The van der Waals surface area contributed by atoms with Crippen molar-refractivity contribution < 1.29 is 19.1 Å². The zero-order chi connectivity index (χ0) is 13.5. The normalized spacial score (nSPS) is 13.8. The van der Waals surface area contributed by atoms with E-state index in [1.54, 1.807) is 13.2 Å². The zero-order valence-electron chi connectivity index (χ0n) is 10.3. The topological polar surface area (TPSA) is 70.9 Å². The van der Waals surface area contributed by atoms with Crippen molar-refractivity contribution in [2.24, 2.45) is 4.99 Å². The number of halogens is 1. The fourth-order valence-corrected chi connectivity index (χ4v) is 1.22.